The number of benzene rings is 3. The SMILES string of the molecule is CSc1c(Oc2ccc(F)c(-c3ncc([C@@]4(C)CCOc5c(CC(=O)O)cccc54)[nH]3)c2)c(F)c(F)c2[nH]ccc12. The molecule has 0 fully saturated rings. The fourth-order valence-corrected chi connectivity index (χ4v) is 6.04. The maximum Gasteiger partial charge on any atom is 0.307 e. The van der Waals surface area contributed by atoms with Crippen molar-refractivity contribution in [1.29, 1.82) is 0 Å². The van der Waals surface area contributed by atoms with E-state index in [1.807, 2.05) is 13.0 Å². The number of carboxylic acids is 1. The predicted molar refractivity (Wildman–Crippen MR) is 148 cm³/mol. The zero-order valence-corrected chi connectivity index (χ0v) is 22.8. The van der Waals surface area contributed by atoms with Crippen LogP contribution in [0.5, 0.6) is 17.2 Å². The van der Waals surface area contributed by atoms with E-state index in [-0.39, 0.29) is 34.8 Å². The minimum absolute atomic E-state index is 0.0420. The van der Waals surface area contributed by atoms with Gasteiger partial charge in [-0.1, -0.05) is 18.2 Å². The lowest BCUT2D eigenvalue weighted by atomic mass is 9.74. The van der Waals surface area contributed by atoms with Gasteiger partial charge in [0, 0.05) is 40.0 Å². The van der Waals surface area contributed by atoms with Gasteiger partial charge in [-0.15, -0.1) is 11.8 Å². The summed E-state index contributed by atoms with van der Waals surface area (Å²) >= 11 is 1.21. The molecule has 0 amide bonds. The van der Waals surface area contributed by atoms with Crippen LogP contribution in [0.25, 0.3) is 22.3 Å². The Morgan fingerprint density at radius 1 is 1.20 bits per heavy atom. The first-order valence-electron chi connectivity index (χ1n) is 12.7. The summed E-state index contributed by atoms with van der Waals surface area (Å²) in [5.74, 6) is -3.20. The lowest BCUT2D eigenvalue weighted by Crippen LogP contribution is -2.32. The molecule has 0 radical (unpaired) electrons. The highest BCUT2D eigenvalue weighted by Gasteiger charge is 2.38. The molecule has 11 heteroatoms. The molecular formula is C30H24F3N3O4S. The first-order valence-corrected chi connectivity index (χ1v) is 14.0. The van der Waals surface area contributed by atoms with Crippen LogP contribution in [0.3, 0.4) is 0 Å². The van der Waals surface area contributed by atoms with Crippen molar-refractivity contribution in [3.8, 4) is 28.6 Å². The van der Waals surface area contributed by atoms with E-state index in [4.69, 9.17) is 9.47 Å². The van der Waals surface area contributed by atoms with E-state index in [0.717, 1.165) is 5.56 Å². The summed E-state index contributed by atoms with van der Waals surface area (Å²) in [4.78, 5) is 22.1. The number of rotatable bonds is 7. The molecule has 0 unspecified atom stereocenters. The molecule has 3 heterocycles. The van der Waals surface area contributed by atoms with Crippen molar-refractivity contribution >= 4 is 28.6 Å². The number of aromatic amines is 2. The lowest BCUT2D eigenvalue weighted by Gasteiger charge is -2.36. The molecule has 0 saturated carbocycles. The lowest BCUT2D eigenvalue weighted by molar-refractivity contribution is -0.136. The average Bonchev–Trinajstić information content (AvgIpc) is 3.64. The Bertz CT molecular complexity index is 1820. The number of hydrogen-bond acceptors (Lipinski definition) is 5. The summed E-state index contributed by atoms with van der Waals surface area (Å²) in [6.45, 7) is 2.35. The third-order valence-electron chi connectivity index (χ3n) is 7.48. The smallest absolute Gasteiger partial charge is 0.307 e. The summed E-state index contributed by atoms with van der Waals surface area (Å²) in [6.07, 6.45) is 5.26. The molecule has 1 aliphatic rings. The second-order valence-corrected chi connectivity index (χ2v) is 10.8. The maximum absolute atomic E-state index is 15.1. The Kier molecular flexibility index (Phi) is 6.69. The molecule has 41 heavy (non-hydrogen) atoms. The fraction of sp³-hybridized carbons (Fsp3) is 0.200. The predicted octanol–water partition coefficient (Wildman–Crippen LogP) is 7.21. The van der Waals surface area contributed by atoms with E-state index in [0.29, 0.717) is 40.3 Å². The van der Waals surface area contributed by atoms with Crippen LogP contribution in [0.1, 0.15) is 30.2 Å². The average molecular weight is 580 g/mol. The molecule has 0 aliphatic carbocycles. The number of H-pyrrole nitrogens is 2. The molecule has 0 saturated heterocycles. The Morgan fingerprint density at radius 3 is 2.80 bits per heavy atom. The third kappa shape index (κ3) is 4.50. The number of para-hydroxylation sites is 1. The van der Waals surface area contributed by atoms with Crippen LogP contribution in [-0.4, -0.2) is 38.9 Å². The van der Waals surface area contributed by atoms with E-state index in [2.05, 4.69) is 15.0 Å². The van der Waals surface area contributed by atoms with Gasteiger partial charge in [0.05, 0.1) is 29.0 Å². The van der Waals surface area contributed by atoms with Crippen LogP contribution >= 0.6 is 11.8 Å². The monoisotopic (exact) mass is 579 g/mol. The van der Waals surface area contributed by atoms with E-state index < -0.39 is 28.8 Å². The van der Waals surface area contributed by atoms with E-state index >= 15 is 8.78 Å². The van der Waals surface area contributed by atoms with Gasteiger partial charge < -0.3 is 24.5 Å². The number of nitrogens with one attached hydrogen (secondary N) is 2. The molecule has 0 spiro atoms. The number of thioether (sulfide) groups is 1. The Labute approximate surface area is 236 Å². The highest BCUT2D eigenvalue weighted by Crippen LogP contribution is 2.45. The van der Waals surface area contributed by atoms with Gasteiger partial charge in [0.15, 0.2) is 11.6 Å². The van der Waals surface area contributed by atoms with Crippen LogP contribution in [0.4, 0.5) is 13.2 Å². The van der Waals surface area contributed by atoms with Crippen LogP contribution < -0.4 is 9.47 Å². The van der Waals surface area contributed by atoms with E-state index in [9.17, 15) is 14.3 Å². The van der Waals surface area contributed by atoms with Gasteiger partial charge >= 0.3 is 5.97 Å². The summed E-state index contributed by atoms with van der Waals surface area (Å²) in [5, 5.41) is 9.79. The fourth-order valence-electron chi connectivity index (χ4n) is 5.33. The van der Waals surface area contributed by atoms with Crippen molar-refractivity contribution in [3.05, 3.63) is 89.1 Å². The molecule has 6 rings (SSSR count). The number of imidazole rings is 1. The Morgan fingerprint density at radius 2 is 2.02 bits per heavy atom. The van der Waals surface area contributed by atoms with Crippen molar-refractivity contribution in [2.75, 3.05) is 12.9 Å². The first-order chi connectivity index (χ1) is 19.7. The van der Waals surface area contributed by atoms with Gasteiger partial charge in [-0.05, 0) is 43.9 Å². The largest absolute Gasteiger partial charge is 0.493 e. The number of hydrogen-bond donors (Lipinski definition) is 3. The molecule has 1 atom stereocenters. The number of ether oxygens (including phenoxy) is 2. The highest BCUT2D eigenvalue weighted by molar-refractivity contribution is 7.99. The van der Waals surface area contributed by atoms with Crippen molar-refractivity contribution in [2.45, 2.75) is 30.1 Å². The molecule has 0 bridgehead atoms. The Hall–Kier alpha value is -4.38. The van der Waals surface area contributed by atoms with Crippen molar-refractivity contribution < 1.29 is 32.5 Å². The second kappa shape index (κ2) is 10.2. The van der Waals surface area contributed by atoms with Crippen LogP contribution in [-0.2, 0) is 16.6 Å². The van der Waals surface area contributed by atoms with Crippen molar-refractivity contribution in [1.82, 2.24) is 15.0 Å². The third-order valence-corrected chi connectivity index (χ3v) is 8.29. The minimum Gasteiger partial charge on any atom is -0.493 e. The van der Waals surface area contributed by atoms with Gasteiger partial charge in [0.25, 0.3) is 0 Å². The number of nitrogens with zero attached hydrogens (tertiary/aromatic N) is 1. The zero-order valence-electron chi connectivity index (χ0n) is 22.0. The quantitative estimate of drug-likeness (QED) is 0.176. The van der Waals surface area contributed by atoms with Crippen molar-refractivity contribution in [2.24, 2.45) is 0 Å². The van der Waals surface area contributed by atoms with Gasteiger partial charge in [0.1, 0.15) is 23.1 Å². The molecule has 3 N–H and O–H groups in total. The Balaban J connectivity index is 1.37. The van der Waals surface area contributed by atoms with Crippen LogP contribution in [0, 0.1) is 17.5 Å². The van der Waals surface area contributed by atoms with Gasteiger partial charge in [-0.25, -0.2) is 13.8 Å². The zero-order chi connectivity index (χ0) is 28.9. The molecule has 210 valence electrons. The number of fused-ring (bicyclic) bond motifs is 2. The van der Waals surface area contributed by atoms with E-state index in [1.165, 1.54) is 36.2 Å². The maximum atomic E-state index is 15.1. The van der Waals surface area contributed by atoms with Crippen LogP contribution in [0.15, 0.2) is 59.8 Å². The molecule has 1 aliphatic heterocycles. The summed E-state index contributed by atoms with van der Waals surface area (Å²) in [5.41, 5.74) is 1.57. The standard InChI is InChI=1S/C30H24F3N3O4S/c1-30(9-11-39-26-15(12-22(37)38)4-3-5-19(26)30)21-14-35-29(36-21)18-13-16(6-7-20(18)31)40-27-24(33)23(32)25-17(8-10-34-25)28(27)41-2/h3-8,10,13-14,34H,9,11-12H2,1-2H3,(H,35,36)(H,37,38)/t30-/m0/s1. The molecular weight excluding hydrogens is 555 g/mol. The molecule has 2 aromatic heterocycles. The van der Waals surface area contributed by atoms with E-state index in [1.54, 1.807) is 30.7 Å². The molecule has 3 aromatic carbocycles. The summed E-state index contributed by atoms with van der Waals surface area (Å²) < 4.78 is 56.5. The first kappa shape index (κ1) is 26.8. The summed E-state index contributed by atoms with van der Waals surface area (Å²) in [7, 11) is 0. The summed E-state index contributed by atoms with van der Waals surface area (Å²) in [6, 6.07) is 10.9. The molecule has 5 aromatic rings. The normalized spacial score (nSPS) is 16.4. The highest BCUT2D eigenvalue weighted by atomic mass is 32.2. The topological polar surface area (TPSA) is 100 Å². The number of halogens is 3. The number of carbonyl (C=O) groups is 1. The van der Waals surface area contributed by atoms with Crippen LogP contribution in [0.2, 0.25) is 0 Å². The number of aromatic nitrogens is 3. The van der Waals surface area contributed by atoms with Crippen molar-refractivity contribution in [3.63, 3.8) is 0 Å². The second-order valence-electron chi connectivity index (χ2n) is 9.94. The minimum atomic E-state index is -1.15. The number of aliphatic carboxylic acids is 1. The van der Waals surface area contributed by atoms with Gasteiger partial charge in [-0.2, -0.15) is 4.39 Å². The number of carboxylic acid groups (broad SMARTS) is 1. The van der Waals surface area contributed by atoms with Gasteiger partial charge in [0.2, 0.25) is 5.82 Å². The van der Waals surface area contributed by atoms with Gasteiger partial charge in [-0.3, -0.25) is 4.79 Å². The molecule has 7 nitrogen and oxygen atoms in total.